The van der Waals surface area contributed by atoms with Gasteiger partial charge in [-0.2, -0.15) is 4.98 Å². The molecule has 0 amide bonds. The molecule has 0 fully saturated rings. The predicted octanol–water partition coefficient (Wildman–Crippen LogP) is 5.18. The van der Waals surface area contributed by atoms with Gasteiger partial charge in [-0.1, -0.05) is 0 Å². The largest absolute Gasteiger partial charge is 0.508 e. The Hall–Kier alpha value is -4.40. The number of phenolic OH excluding ortho intramolecular Hbond substituents is 1. The minimum atomic E-state index is -0.596. The number of hydrogen-bond donors (Lipinski definition) is 1. The smallest absolute Gasteiger partial charge is 0.345 e. The van der Waals surface area contributed by atoms with Gasteiger partial charge in [-0.3, -0.25) is 4.98 Å². The van der Waals surface area contributed by atoms with E-state index in [0.29, 0.717) is 11.6 Å². The summed E-state index contributed by atoms with van der Waals surface area (Å²) < 4.78 is 35.7. The van der Waals surface area contributed by atoms with Crippen molar-refractivity contribution in [2.75, 3.05) is 6.61 Å². The Balaban J connectivity index is 0.000000323. The standard InChI is InChI=1S/C18H14FN3O3.C6H5FO/c1-2-24-18(23)15-11-21-16(12-7-9-20-10-8-12)22-17(15)25-14-5-3-13(19)4-6-14;7-5-1-3-6(8)4-2-5/h3-11H,2H2,1H3;1-4,8H. The normalized spacial score (nSPS) is 10.0. The summed E-state index contributed by atoms with van der Waals surface area (Å²) in [4.78, 5) is 24.5. The molecule has 0 radical (unpaired) electrons. The number of rotatable bonds is 5. The second-order valence-corrected chi connectivity index (χ2v) is 6.40. The zero-order valence-electron chi connectivity index (χ0n) is 17.5. The van der Waals surface area contributed by atoms with Crippen LogP contribution < -0.4 is 4.74 Å². The third-order valence-electron chi connectivity index (χ3n) is 4.04. The molecule has 0 saturated heterocycles. The van der Waals surface area contributed by atoms with Gasteiger partial charge in [0.1, 0.15) is 28.7 Å². The van der Waals surface area contributed by atoms with Crippen molar-refractivity contribution in [2.24, 2.45) is 0 Å². The zero-order valence-corrected chi connectivity index (χ0v) is 17.5. The first-order chi connectivity index (χ1) is 16.0. The number of carbonyl (C=O) groups is 1. The lowest BCUT2D eigenvalue weighted by molar-refractivity contribution is 0.0522. The van der Waals surface area contributed by atoms with Crippen LogP contribution in [0.5, 0.6) is 17.4 Å². The quantitative estimate of drug-likeness (QED) is 0.418. The van der Waals surface area contributed by atoms with Gasteiger partial charge in [0.05, 0.1) is 6.61 Å². The van der Waals surface area contributed by atoms with Gasteiger partial charge < -0.3 is 14.6 Å². The number of ether oxygens (including phenoxy) is 2. The van der Waals surface area contributed by atoms with Crippen LogP contribution in [-0.2, 0) is 4.74 Å². The molecule has 7 nitrogen and oxygen atoms in total. The Morgan fingerprint density at radius 3 is 2.12 bits per heavy atom. The summed E-state index contributed by atoms with van der Waals surface area (Å²) in [6.07, 6.45) is 4.57. The van der Waals surface area contributed by atoms with Crippen molar-refractivity contribution < 1.29 is 28.2 Å². The van der Waals surface area contributed by atoms with Crippen LogP contribution >= 0.6 is 0 Å². The molecule has 33 heavy (non-hydrogen) atoms. The molecular weight excluding hydrogens is 432 g/mol. The van der Waals surface area contributed by atoms with Crippen molar-refractivity contribution in [1.82, 2.24) is 15.0 Å². The highest BCUT2D eigenvalue weighted by molar-refractivity contribution is 5.91. The highest BCUT2D eigenvalue weighted by atomic mass is 19.1. The fourth-order valence-corrected chi connectivity index (χ4v) is 2.49. The summed E-state index contributed by atoms with van der Waals surface area (Å²) in [5.41, 5.74) is 0.804. The number of nitrogens with zero attached hydrogens (tertiary/aromatic N) is 3. The van der Waals surface area contributed by atoms with Crippen molar-refractivity contribution in [3.8, 4) is 28.8 Å². The number of aromatic nitrogens is 3. The summed E-state index contributed by atoms with van der Waals surface area (Å²) in [6, 6.07) is 13.9. The fraction of sp³-hybridized carbons (Fsp3) is 0.0833. The Morgan fingerprint density at radius 1 is 0.939 bits per heavy atom. The average Bonchev–Trinajstić information content (AvgIpc) is 2.83. The molecule has 0 aliphatic rings. The van der Waals surface area contributed by atoms with Crippen LogP contribution in [0, 0.1) is 11.6 Å². The molecule has 0 atom stereocenters. The van der Waals surface area contributed by atoms with E-state index in [1.165, 1.54) is 54.7 Å². The Morgan fingerprint density at radius 2 is 1.55 bits per heavy atom. The van der Waals surface area contributed by atoms with Gasteiger partial charge >= 0.3 is 5.97 Å². The first-order valence-electron chi connectivity index (χ1n) is 9.78. The number of hydrogen-bond acceptors (Lipinski definition) is 7. The van der Waals surface area contributed by atoms with Crippen LogP contribution in [0.4, 0.5) is 8.78 Å². The molecule has 0 unspecified atom stereocenters. The molecular formula is C24H19F2N3O4. The maximum absolute atomic E-state index is 13.1. The van der Waals surface area contributed by atoms with Crippen LogP contribution in [0.3, 0.4) is 0 Å². The van der Waals surface area contributed by atoms with E-state index in [2.05, 4.69) is 15.0 Å². The van der Waals surface area contributed by atoms with Crippen LogP contribution in [0.1, 0.15) is 17.3 Å². The Labute approximate surface area is 188 Å². The predicted molar refractivity (Wildman–Crippen MR) is 116 cm³/mol. The van der Waals surface area contributed by atoms with Crippen LogP contribution in [-0.4, -0.2) is 32.6 Å². The second kappa shape index (κ2) is 11.3. The number of benzene rings is 2. The Bertz CT molecular complexity index is 1170. The van der Waals surface area contributed by atoms with Crippen molar-refractivity contribution >= 4 is 5.97 Å². The topological polar surface area (TPSA) is 94.4 Å². The molecule has 0 aliphatic heterocycles. The number of pyridine rings is 1. The van der Waals surface area contributed by atoms with Gasteiger partial charge in [0.15, 0.2) is 5.82 Å². The molecule has 0 spiro atoms. The lowest BCUT2D eigenvalue weighted by Gasteiger charge is -2.11. The summed E-state index contributed by atoms with van der Waals surface area (Å²) in [6.45, 7) is 1.91. The van der Waals surface area contributed by atoms with Crippen molar-refractivity contribution in [1.29, 1.82) is 0 Å². The van der Waals surface area contributed by atoms with E-state index in [9.17, 15) is 13.6 Å². The molecule has 2 heterocycles. The van der Waals surface area contributed by atoms with Crippen molar-refractivity contribution in [3.05, 3.63) is 96.5 Å². The number of aromatic hydroxyl groups is 1. The molecule has 2 aromatic heterocycles. The van der Waals surface area contributed by atoms with E-state index >= 15 is 0 Å². The first kappa shape index (κ1) is 23.3. The summed E-state index contributed by atoms with van der Waals surface area (Å²) >= 11 is 0. The third kappa shape index (κ3) is 6.79. The molecule has 168 valence electrons. The lowest BCUT2D eigenvalue weighted by atomic mass is 10.2. The van der Waals surface area contributed by atoms with Crippen LogP contribution in [0.15, 0.2) is 79.3 Å². The van der Waals surface area contributed by atoms with Gasteiger partial charge in [0.25, 0.3) is 0 Å². The molecule has 0 bridgehead atoms. The van der Waals surface area contributed by atoms with Gasteiger partial charge in [0.2, 0.25) is 5.88 Å². The maximum Gasteiger partial charge on any atom is 0.345 e. The zero-order chi connectivity index (χ0) is 23.6. The molecule has 0 saturated carbocycles. The monoisotopic (exact) mass is 451 g/mol. The first-order valence-corrected chi connectivity index (χ1v) is 9.78. The summed E-state index contributed by atoms with van der Waals surface area (Å²) in [5, 5.41) is 8.59. The van der Waals surface area contributed by atoms with Gasteiger partial charge in [0, 0.05) is 24.2 Å². The van der Waals surface area contributed by atoms with E-state index in [4.69, 9.17) is 14.6 Å². The Kier molecular flexibility index (Phi) is 7.96. The lowest BCUT2D eigenvalue weighted by Crippen LogP contribution is -2.09. The van der Waals surface area contributed by atoms with Crippen molar-refractivity contribution in [3.63, 3.8) is 0 Å². The molecule has 4 aromatic rings. The van der Waals surface area contributed by atoms with Gasteiger partial charge in [-0.05, 0) is 67.6 Å². The van der Waals surface area contributed by atoms with E-state index < -0.39 is 11.8 Å². The fourth-order valence-electron chi connectivity index (χ4n) is 2.49. The minimum Gasteiger partial charge on any atom is -0.508 e. The van der Waals surface area contributed by atoms with E-state index in [1.807, 2.05) is 0 Å². The number of carbonyl (C=O) groups excluding carboxylic acids is 1. The summed E-state index contributed by atoms with van der Waals surface area (Å²) in [5.74, 6) is -0.487. The van der Waals surface area contributed by atoms with E-state index in [-0.39, 0.29) is 29.6 Å². The summed E-state index contributed by atoms with van der Waals surface area (Å²) in [7, 11) is 0. The highest BCUT2D eigenvalue weighted by Gasteiger charge is 2.18. The third-order valence-corrected chi connectivity index (χ3v) is 4.04. The maximum atomic E-state index is 13.1. The van der Waals surface area contributed by atoms with E-state index in [1.54, 1.807) is 31.5 Å². The molecule has 4 rings (SSSR count). The van der Waals surface area contributed by atoms with Crippen molar-refractivity contribution in [2.45, 2.75) is 6.92 Å². The van der Waals surface area contributed by atoms with Crippen LogP contribution in [0.2, 0.25) is 0 Å². The average molecular weight is 451 g/mol. The number of phenols is 1. The molecule has 2 aromatic carbocycles. The molecule has 1 N–H and O–H groups in total. The number of halogens is 2. The second-order valence-electron chi connectivity index (χ2n) is 6.40. The van der Waals surface area contributed by atoms with Gasteiger partial charge in [-0.15, -0.1) is 0 Å². The highest BCUT2D eigenvalue weighted by Crippen LogP contribution is 2.26. The van der Waals surface area contributed by atoms with E-state index in [0.717, 1.165) is 5.56 Å². The molecule has 9 heteroatoms. The van der Waals surface area contributed by atoms with Crippen LogP contribution in [0.25, 0.3) is 11.4 Å². The SMILES string of the molecule is CCOC(=O)c1cnc(-c2ccncc2)nc1Oc1ccc(F)cc1.Oc1ccc(F)cc1. The number of esters is 1. The molecule has 0 aliphatic carbocycles. The van der Waals surface area contributed by atoms with Gasteiger partial charge in [-0.25, -0.2) is 18.6 Å². The minimum absolute atomic E-state index is 0.0341.